The van der Waals surface area contributed by atoms with Crippen LogP contribution in [0, 0.1) is 5.41 Å². The second-order valence-corrected chi connectivity index (χ2v) is 9.97. The molecule has 8 nitrogen and oxygen atoms in total. The lowest BCUT2D eigenvalue weighted by Crippen LogP contribution is -2.37. The molecule has 2 aromatic rings. The lowest BCUT2D eigenvalue weighted by atomic mass is 9.97. The van der Waals surface area contributed by atoms with Crippen LogP contribution in [0.25, 0.3) is 0 Å². The molecule has 1 saturated heterocycles. The fourth-order valence-corrected chi connectivity index (χ4v) is 3.99. The molecule has 0 radical (unpaired) electrons. The zero-order chi connectivity index (χ0) is 24.2. The van der Waals surface area contributed by atoms with Gasteiger partial charge >= 0.3 is 11.2 Å². The van der Waals surface area contributed by atoms with Crippen molar-refractivity contribution in [2.45, 2.75) is 51.9 Å². The highest BCUT2D eigenvalue weighted by atomic mass is 32.2. The number of ether oxygens (including phenoxy) is 2. The molecular formula is C24H29N3O5S. The minimum Gasteiger partial charge on any atom is -0.489 e. The van der Waals surface area contributed by atoms with Crippen molar-refractivity contribution >= 4 is 28.9 Å². The SMILES string of the molecule is CCc1ccc([C@H](COc2ccc(CC3SC(=O)N(N)C3=O)cc2)OC(=O)C(C)(C)C)cn1. The maximum absolute atomic E-state index is 12.5. The van der Waals surface area contributed by atoms with Crippen LogP contribution in [-0.4, -0.2) is 39.0 Å². The van der Waals surface area contributed by atoms with E-state index in [0.717, 1.165) is 35.0 Å². The van der Waals surface area contributed by atoms with Gasteiger partial charge in [-0.15, -0.1) is 0 Å². The van der Waals surface area contributed by atoms with E-state index < -0.39 is 27.9 Å². The second kappa shape index (κ2) is 10.4. The smallest absolute Gasteiger partial charge is 0.311 e. The van der Waals surface area contributed by atoms with Gasteiger partial charge in [0.15, 0.2) is 6.10 Å². The van der Waals surface area contributed by atoms with E-state index in [4.69, 9.17) is 15.3 Å². The molecule has 2 N–H and O–H groups in total. The Labute approximate surface area is 197 Å². The topological polar surface area (TPSA) is 112 Å². The summed E-state index contributed by atoms with van der Waals surface area (Å²) in [7, 11) is 0. The van der Waals surface area contributed by atoms with Crippen LogP contribution in [0.5, 0.6) is 5.75 Å². The summed E-state index contributed by atoms with van der Waals surface area (Å²) in [6.45, 7) is 7.55. The van der Waals surface area contributed by atoms with Crippen molar-refractivity contribution in [2.75, 3.05) is 6.61 Å². The van der Waals surface area contributed by atoms with Crippen molar-refractivity contribution in [2.24, 2.45) is 11.3 Å². The average Bonchev–Trinajstić information content (AvgIpc) is 3.03. The number of benzene rings is 1. The highest BCUT2D eigenvalue weighted by molar-refractivity contribution is 8.15. The molecule has 1 aromatic carbocycles. The Bertz CT molecular complexity index is 1000. The summed E-state index contributed by atoms with van der Waals surface area (Å²) in [5, 5.41) is -0.301. The Morgan fingerprint density at radius 3 is 2.39 bits per heavy atom. The first-order valence-electron chi connectivity index (χ1n) is 10.8. The molecular weight excluding hydrogens is 442 g/mol. The second-order valence-electron chi connectivity index (χ2n) is 8.82. The molecule has 3 rings (SSSR count). The summed E-state index contributed by atoms with van der Waals surface area (Å²) in [4.78, 5) is 40.5. The van der Waals surface area contributed by atoms with Gasteiger partial charge in [0.2, 0.25) is 0 Å². The summed E-state index contributed by atoms with van der Waals surface area (Å²) < 4.78 is 11.7. The third kappa shape index (κ3) is 6.33. The number of pyridine rings is 1. The summed E-state index contributed by atoms with van der Waals surface area (Å²) in [6.07, 6.45) is 2.32. The highest BCUT2D eigenvalue weighted by Gasteiger charge is 2.37. The van der Waals surface area contributed by atoms with Crippen molar-refractivity contribution in [1.29, 1.82) is 0 Å². The number of hydrazine groups is 1. The number of amides is 2. The molecule has 2 heterocycles. The van der Waals surface area contributed by atoms with Crippen molar-refractivity contribution in [1.82, 2.24) is 9.99 Å². The minimum atomic E-state index is -0.646. The van der Waals surface area contributed by atoms with Gasteiger partial charge in [-0.05, 0) is 69.1 Å². The fourth-order valence-electron chi connectivity index (χ4n) is 3.05. The number of nitrogens with zero attached hydrogens (tertiary/aromatic N) is 2. The van der Waals surface area contributed by atoms with Crippen molar-refractivity contribution in [3.63, 3.8) is 0 Å². The monoisotopic (exact) mass is 471 g/mol. The van der Waals surface area contributed by atoms with Gasteiger partial charge in [-0.3, -0.25) is 19.4 Å². The molecule has 0 bridgehead atoms. The number of thioether (sulfide) groups is 1. The number of nitrogens with two attached hydrogens (primary N) is 1. The fraction of sp³-hybridized carbons (Fsp3) is 0.417. The van der Waals surface area contributed by atoms with E-state index in [2.05, 4.69) is 4.98 Å². The number of imide groups is 1. The van der Waals surface area contributed by atoms with Gasteiger partial charge in [0.1, 0.15) is 12.4 Å². The first-order valence-corrected chi connectivity index (χ1v) is 11.6. The van der Waals surface area contributed by atoms with E-state index in [1.165, 1.54) is 0 Å². The first-order chi connectivity index (χ1) is 15.6. The number of rotatable bonds is 8. The lowest BCUT2D eigenvalue weighted by molar-refractivity contribution is -0.160. The van der Waals surface area contributed by atoms with Crippen LogP contribution in [0.15, 0.2) is 42.6 Å². The van der Waals surface area contributed by atoms with Gasteiger partial charge in [0.05, 0.1) is 10.7 Å². The van der Waals surface area contributed by atoms with Gasteiger partial charge < -0.3 is 9.47 Å². The molecule has 9 heteroatoms. The number of aromatic nitrogens is 1. The van der Waals surface area contributed by atoms with Gasteiger partial charge in [0, 0.05) is 17.5 Å². The van der Waals surface area contributed by atoms with E-state index >= 15 is 0 Å². The van der Waals surface area contributed by atoms with E-state index in [1.807, 2.05) is 31.2 Å². The predicted molar refractivity (Wildman–Crippen MR) is 125 cm³/mol. The van der Waals surface area contributed by atoms with Gasteiger partial charge in [-0.1, -0.05) is 25.1 Å². The van der Waals surface area contributed by atoms with E-state index in [-0.39, 0.29) is 12.6 Å². The quantitative estimate of drug-likeness (QED) is 0.351. The molecule has 1 fully saturated rings. The van der Waals surface area contributed by atoms with Crippen LogP contribution in [0.2, 0.25) is 0 Å². The van der Waals surface area contributed by atoms with Crippen LogP contribution in [0.1, 0.15) is 50.6 Å². The standard InChI is InChI=1S/C24H29N3O5S/c1-5-17-9-8-16(13-26-17)19(32-22(29)24(2,3)4)14-31-18-10-6-15(7-11-18)12-20-21(28)27(25)23(30)33-20/h6-11,13,19-20H,5,12,14,25H2,1-4H3/t19-,20?/m0/s1. The van der Waals surface area contributed by atoms with Gasteiger partial charge in [0.25, 0.3) is 5.91 Å². The number of carbonyl (C=O) groups is 3. The molecule has 2 atom stereocenters. The van der Waals surface area contributed by atoms with E-state index in [9.17, 15) is 14.4 Å². The van der Waals surface area contributed by atoms with Gasteiger partial charge in [-0.2, -0.15) is 0 Å². The molecule has 176 valence electrons. The third-order valence-electron chi connectivity index (χ3n) is 5.14. The zero-order valence-electron chi connectivity index (χ0n) is 19.2. The van der Waals surface area contributed by atoms with Crippen LogP contribution in [0.3, 0.4) is 0 Å². The Kier molecular flexibility index (Phi) is 7.76. The number of aryl methyl sites for hydroxylation is 1. The molecule has 0 saturated carbocycles. The largest absolute Gasteiger partial charge is 0.489 e. The Hall–Kier alpha value is -2.91. The maximum atomic E-state index is 12.5. The number of hydrogen-bond donors (Lipinski definition) is 1. The van der Waals surface area contributed by atoms with E-state index in [1.54, 1.807) is 39.1 Å². The van der Waals surface area contributed by atoms with Crippen LogP contribution < -0.4 is 10.6 Å². The maximum Gasteiger partial charge on any atom is 0.311 e. The van der Waals surface area contributed by atoms with Crippen molar-refractivity contribution in [3.05, 3.63) is 59.4 Å². The molecule has 1 unspecified atom stereocenters. The Morgan fingerprint density at radius 1 is 1.18 bits per heavy atom. The predicted octanol–water partition coefficient (Wildman–Crippen LogP) is 3.83. The summed E-state index contributed by atoms with van der Waals surface area (Å²) in [6, 6.07) is 11.0. The molecule has 0 aliphatic carbocycles. The molecule has 0 spiro atoms. The van der Waals surface area contributed by atoms with Crippen LogP contribution >= 0.6 is 11.8 Å². The van der Waals surface area contributed by atoms with Crippen molar-refractivity contribution in [3.8, 4) is 5.75 Å². The Balaban J connectivity index is 1.66. The zero-order valence-corrected chi connectivity index (χ0v) is 20.1. The first kappa shape index (κ1) is 24.7. The lowest BCUT2D eigenvalue weighted by Gasteiger charge is -2.24. The summed E-state index contributed by atoms with van der Waals surface area (Å²) in [5.41, 5.74) is 1.95. The molecule has 33 heavy (non-hydrogen) atoms. The van der Waals surface area contributed by atoms with Crippen molar-refractivity contribution < 1.29 is 23.9 Å². The summed E-state index contributed by atoms with van der Waals surface area (Å²) >= 11 is 0.929. The third-order valence-corrected chi connectivity index (χ3v) is 6.19. The summed E-state index contributed by atoms with van der Waals surface area (Å²) in [5.74, 6) is 5.31. The van der Waals surface area contributed by atoms with E-state index in [0.29, 0.717) is 17.2 Å². The highest BCUT2D eigenvalue weighted by Crippen LogP contribution is 2.28. The van der Waals surface area contributed by atoms with Gasteiger partial charge in [-0.25, -0.2) is 10.9 Å². The van der Waals surface area contributed by atoms with Crippen LogP contribution in [-0.2, 0) is 27.2 Å². The number of esters is 1. The van der Waals surface area contributed by atoms with Crippen LogP contribution in [0.4, 0.5) is 4.79 Å². The molecule has 1 aliphatic heterocycles. The molecule has 1 aliphatic rings. The minimum absolute atomic E-state index is 0.127. The molecule has 1 aromatic heterocycles. The normalized spacial score (nSPS) is 17.2. The number of carbonyl (C=O) groups excluding carboxylic acids is 3. The molecule has 2 amide bonds. The Morgan fingerprint density at radius 2 is 1.88 bits per heavy atom. The number of hydrogen-bond acceptors (Lipinski definition) is 8. The average molecular weight is 472 g/mol.